The highest BCUT2D eigenvalue weighted by atomic mass is 16.6. The molecule has 0 bridgehead atoms. The van der Waals surface area contributed by atoms with Gasteiger partial charge in [0.15, 0.2) is 0 Å². The molecular weight excluding hydrogens is 366 g/mol. The average Bonchev–Trinajstić information content (AvgIpc) is 3.29. The van der Waals surface area contributed by atoms with Crippen molar-refractivity contribution >= 4 is 12.1 Å². The number of rotatable bonds is 3. The number of hydrogen-bond donors (Lipinski definition) is 1. The number of carboxylic acids is 1. The van der Waals surface area contributed by atoms with Crippen LogP contribution < -0.4 is 0 Å². The molecule has 2 aromatic carbocycles. The Morgan fingerprint density at radius 2 is 1.59 bits per heavy atom. The number of aliphatic carboxylic acids is 1. The maximum Gasteiger partial charge on any atom is 0.410 e. The summed E-state index contributed by atoms with van der Waals surface area (Å²) in [5.41, 5.74) is 4.68. The molecule has 1 aliphatic heterocycles. The van der Waals surface area contributed by atoms with Crippen LogP contribution >= 0.6 is 0 Å². The third-order valence-electron chi connectivity index (χ3n) is 6.92. The van der Waals surface area contributed by atoms with Gasteiger partial charge in [-0.2, -0.15) is 0 Å². The van der Waals surface area contributed by atoms with Gasteiger partial charge in [0.05, 0.1) is 0 Å². The number of likely N-dealkylation sites (tertiary alicyclic amines) is 1. The number of benzene rings is 2. The lowest BCUT2D eigenvalue weighted by molar-refractivity contribution is -0.142. The number of carboxylic acid groups (broad SMARTS) is 1. The van der Waals surface area contributed by atoms with E-state index in [9.17, 15) is 14.7 Å². The molecule has 0 spiro atoms. The molecule has 0 aromatic heterocycles. The summed E-state index contributed by atoms with van der Waals surface area (Å²) in [6.45, 7) is 0.229. The van der Waals surface area contributed by atoms with Gasteiger partial charge in [0.2, 0.25) is 0 Å². The lowest BCUT2D eigenvalue weighted by Crippen LogP contribution is -2.46. The molecule has 5 heteroatoms. The Bertz CT molecular complexity index is 910. The van der Waals surface area contributed by atoms with Gasteiger partial charge < -0.3 is 9.84 Å². The van der Waals surface area contributed by atoms with Crippen molar-refractivity contribution in [1.82, 2.24) is 4.90 Å². The Balaban J connectivity index is 1.37. The van der Waals surface area contributed by atoms with Gasteiger partial charge in [-0.05, 0) is 47.4 Å². The van der Waals surface area contributed by atoms with Crippen molar-refractivity contribution in [2.75, 3.05) is 6.61 Å². The fourth-order valence-electron chi connectivity index (χ4n) is 5.61. The minimum Gasteiger partial charge on any atom is -0.480 e. The maximum absolute atomic E-state index is 13.0. The number of amides is 1. The van der Waals surface area contributed by atoms with Crippen molar-refractivity contribution in [2.24, 2.45) is 5.92 Å². The first-order valence-electron chi connectivity index (χ1n) is 10.5. The van der Waals surface area contributed by atoms with Gasteiger partial charge in [0.1, 0.15) is 12.6 Å². The second kappa shape index (κ2) is 7.21. The summed E-state index contributed by atoms with van der Waals surface area (Å²) < 4.78 is 5.78. The topological polar surface area (TPSA) is 66.8 Å². The predicted octanol–water partition coefficient (Wildman–Crippen LogP) is 4.65. The Hall–Kier alpha value is -2.82. The third kappa shape index (κ3) is 3.00. The molecule has 3 atom stereocenters. The van der Waals surface area contributed by atoms with Gasteiger partial charge in [-0.3, -0.25) is 4.90 Å². The summed E-state index contributed by atoms with van der Waals surface area (Å²) in [6.07, 6.45) is 4.10. The van der Waals surface area contributed by atoms with Crippen LogP contribution in [0.4, 0.5) is 4.79 Å². The first-order chi connectivity index (χ1) is 14.1. The molecule has 29 heavy (non-hydrogen) atoms. The fourth-order valence-corrected chi connectivity index (χ4v) is 5.61. The highest BCUT2D eigenvalue weighted by Gasteiger charge is 2.48. The molecule has 1 amide bonds. The van der Waals surface area contributed by atoms with Gasteiger partial charge in [-0.1, -0.05) is 61.4 Å². The van der Waals surface area contributed by atoms with Crippen molar-refractivity contribution in [2.45, 2.75) is 50.1 Å². The third-order valence-corrected chi connectivity index (χ3v) is 6.92. The van der Waals surface area contributed by atoms with Crippen LogP contribution in [0.25, 0.3) is 11.1 Å². The maximum atomic E-state index is 13.0. The van der Waals surface area contributed by atoms with Crippen LogP contribution in [0.5, 0.6) is 0 Å². The molecule has 1 N–H and O–H groups in total. The van der Waals surface area contributed by atoms with E-state index in [0.717, 1.165) is 36.8 Å². The van der Waals surface area contributed by atoms with E-state index in [1.807, 2.05) is 24.3 Å². The van der Waals surface area contributed by atoms with Crippen molar-refractivity contribution in [3.05, 3.63) is 59.7 Å². The Morgan fingerprint density at radius 3 is 2.24 bits per heavy atom. The summed E-state index contributed by atoms with van der Waals surface area (Å²) in [4.78, 5) is 26.4. The number of carbonyl (C=O) groups excluding carboxylic acids is 1. The first-order valence-corrected chi connectivity index (χ1v) is 10.5. The highest BCUT2D eigenvalue weighted by Crippen LogP contribution is 2.45. The van der Waals surface area contributed by atoms with Gasteiger partial charge in [0.25, 0.3) is 0 Å². The molecule has 3 aliphatic rings. The van der Waals surface area contributed by atoms with Crippen molar-refractivity contribution < 1.29 is 19.4 Å². The van der Waals surface area contributed by atoms with E-state index >= 15 is 0 Å². The SMILES string of the molecule is O=C(O)C1CC2CCCC[C@@H]2N1C(=O)OCC1c2ccccc2-c2ccccc21. The van der Waals surface area contributed by atoms with Crippen LogP contribution in [0, 0.1) is 5.92 Å². The van der Waals surface area contributed by atoms with Crippen LogP contribution in [-0.2, 0) is 9.53 Å². The molecule has 0 radical (unpaired) electrons. The van der Waals surface area contributed by atoms with Gasteiger partial charge in [0, 0.05) is 12.0 Å². The quantitative estimate of drug-likeness (QED) is 0.827. The molecule has 150 valence electrons. The van der Waals surface area contributed by atoms with Crippen molar-refractivity contribution in [3.8, 4) is 11.1 Å². The van der Waals surface area contributed by atoms with Crippen LogP contribution in [0.15, 0.2) is 48.5 Å². The van der Waals surface area contributed by atoms with Crippen LogP contribution in [-0.4, -0.2) is 40.8 Å². The molecule has 2 aromatic rings. The van der Waals surface area contributed by atoms with E-state index in [4.69, 9.17) is 4.74 Å². The smallest absolute Gasteiger partial charge is 0.410 e. The second-order valence-corrected chi connectivity index (χ2v) is 8.41. The van der Waals surface area contributed by atoms with E-state index in [-0.39, 0.29) is 24.5 Å². The molecule has 5 rings (SSSR count). The van der Waals surface area contributed by atoms with E-state index < -0.39 is 18.1 Å². The van der Waals surface area contributed by atoms with Crippen LogP contribution in [0.1, 0.15) is 49.1 Å². The Morgan fingerprint density at radius 1 is 0.966 bits per heavy atom. The summed E-state index contributed by atoms with van der Waals surface area (Å²) in [5, 5.41) is 9.67. The zero-order valence-electron chi connectivity index (χ0n) is 16.3. The van der Waals surface area contributed by atoms with E-state index in [2.05, 4.69) is 24.3 Å². The highest BCUT2D eigenvalue weighted by molar-refractivity contribution is 5.82. The standard InChI is InChI=1S/C24H25NO4/c26-23(27)22-13-15-7-1-6-12-21(15)25(22)24(28)29-14-20-18-10-4-2-8-16(18)17-9-3-5-11-19(17)20/h2-5,8-11,15,20-22H,1,6-7,12-14H2,(H,26,27)/t15?,21-,22?/m0/s1. The molecule has 5 nitrogen and oxygen atoms in total. The number of fused-ring (bicyclic) bond motifs is 4. The number of carbonyl (C=O) groups is 2. The van der Waals surface area contributed by atoms with E-state index in [1.54, 1.807) is 0 Å². The van der Waals surface area contributed by atoms with E-state index in [0.29, 0.717) is 6.42 Å². The molecule has 1 heterocycles. The van der Waals surface area contributed by atoms with Crippen LogP contribution in [0.3, 0.4) is 0 Å². The largest absolute Gasteiger partial charge is 0.480 e. The molecule has 2 unspecified atom stereocenters. The molecule has 2 fully saturated rings. The van der Waals surface area contributed by atoms with Gasteiger partial charge >= 0.3 is 12.1 Å². The molecule has 2 aliphatic carbocycles. The predicted molar refractivity (Wildman–Crippen MR) is 109 cm³/mol. The summed E-state index contributed by atoms with van der Waals surface area (Å²) in [7, 11) is 0. The summed E-state index contributed by atoms with van der Waals surface area (Å²) in [6, 6.07) is 15.7. The number of ether oxygens (including phenoxy) is 1. The minimum atomic E-state index is -0.923. The normalized spacial score (nSPS) is 25.2. The second-order valence-electron chi connectivity index (χ2n) is 8.41. The lowest BCUT2D eigenvalue weighted by Gasteiger charge is -2.32. The Labute approximate surface area is 170 Å². The zero-order valence-corrected chi connectivity index (χ0v) is 16.3. The molecule has 1 saturated carbocycles. The fraction of sp³-hybridized carbons (Fsp3) is 0.417. The monoisotopic (exact) mass is 391 g/mol. The molecular formula is C24H25NO4. The summed E-state index contributed by atoms with van der Waals surface area (Å²) in [5.74, 6) is -0.655. The molecule has 1 saturated heterocycles. The van der Waals surface area contributed by atoms with E-state index in [1.165, 1.54) is 16.0 Å². The van der Waals surface area contributed by atoms with Crippen molar-refractivity contribution in [1.29, 1.82) is 0 Å². The average molecular weight is 391 g/mol. The number of hydrogen-bond acceptors (Lipinski definition) is 3. The zero-order chi connectivity index (χ0) is 20.0. The lowest BCUT2D eigenvalue weighted by atomic mass is 9.85. The first kappa shape index (κ1) is 18.2. The summed E-state index contributed by atoms with van der Waals surface area (Å²) >= 11 is 0. The van der Waals surface area contributed by atoms with Gasteiger partial charge in [-0.25, -0.2) is 9.59 Å². The Kier molecular flexibility index (Phi) is 4.53. The number of nitrogens with zero attached hydrogens (tertiary/aromatic N) is 1. The van der Waals surface area contributed by atoms with Gasteiger partial charge in [-0.15, -0.1) is 0 Å². The van der Waals surface area contributed by atoms with Crippen LogP contribution in [0.2, 0.25) is 0 Å². The minimum absolute atomic E-state index is 0.000463. The van der Waals surface area contributed by atoms with Crippen molar-refractivity contribution in [3.63, 3.8) is 0 Å².